The molecule has 0 saturated carbocycles. The normalized spacial score (nSPS) is 17.9. The smallest absolute Gasteiger partial charge is 0.309 e. The second-order valence-corrected chi connectivity index (χ2v) is 7.85. The summed E-state index contributed by atoms with van der Waals surface area (Å²) in [7, 11) is 0. The van der Waals surface area contributed by atoms with E-state index in [0.717, 1.165) is 12.8 Å². The van der Waals surface area contributed by atoms with Gasteiger partial charge in [0, 0.05) is 13.0 Å². The van der Waals surface area contributed by atoms with E-state index in [-0.39, 0.29) is 25.0 Å². The number of ether oxygens (including phenoxy) is 2. The highest BCUT2D eigenvalue weighted by Gasteiger charge is 2.31. The number of allylic oxidation sites excluding steroid dienone is 2. The van der Waals surface area contributed by atoms with Crippen molar-refractivity contribution in [1.82, 2.24) is 4.90 Å². The van der Waals surface area contributed by atoms with E-state index in [0.29, 0.717) is 25.8 Å². The molecule has 2 unspecified atom stereocenters. The van der Waals surface area contributed by atoms with Crippen molar-refractivity contribution in [3.05, 3.63) is 25.3 Å². The Morgan fingerprint density at radius 2 is 1.93 bits per heavy atom. The lowest BCUT2D eigenvalue weighted by Crippen LogP contribution is -2.39. The monoisotopic (exact) mass is 379 g/mol. The number of nitrogens with zero attached hydrogens (tertiary/aromatic N) is 1. The quantitative estimate of drug-likeness (QED) is 0.430. The van der Waals surface area contributed by atoms with Crippen molar-refractivity contribution < 1.29 is 23.9 Å². The molecular formula is C21H33NO5. The van der Waals surface area contributed by atoms with Crippen LogP contribution in [0.15, 0.2) is 25.3 Å². The Morgan fingerprint density at radius 1 is 1.22 bits per heavy atom. The van der Waals surface area contributed by atoms with Crippen molar-refractivity contribution in [3.63, 3.8) is 0 Å². The zero-order chi connectivity index (χ0) is 20.4. The van der Waals surface area contributed by atoms with E-state index in [4.69, 9.17) is 9.47 Å². The van der Waals surface area contributed by atoms with Crippen molar-refractivity contribution in [2.75, 3.05) is 13.2 Å². The van der Waals surface area contributed by atoms with Gasteiger partial charge in [-0.05, 0) is 46.5 Å². The molecular weight excluding hydrogens is 346 g/mol. The van der Waals surface area contributed by atoms with Gasteiger partial charge in [-0.25, -0.2) is 0 Å². The number of likely N-dealkylation sites (tertiary alicyclic amines) is 1. The fraction of sp³-hybridized carbons (Fsp3) is 0.667. The number of amides is 1. The molecule has 2 atom stereocenters. The summed E-state index contributed by atoms with van der Waals surface area (Å²) in [4.78, 5) is 38.5. The molecule has 0 aliphatic carbocycles. The summed E-state index contributed by atoms with van der Waals surface area (Å²) in [6, 6.07) is -0.0998. The predicted octanol–water partition coefficient (Wildman–Crippen LogP) is 3.41. The second-order valence-electron chi connectivity index (χ2n) is 7.85. The molecule has 27 heavy (non-hydrogen) atoms. The van der Waals surface area contributed by atoms with E-state index in [9.17, 15) is 14.4 Å². The van der Waals surface area contributed by atoms with Gasteiger partial charge in [0.2, 0.25) is 5.91 Å². The summed E-state index contributed by atoms with van der Waals surface area (Å²) >= 11 is 0. The minimum atomic E-state index is -0.622. The van der Waals surface area contributed by atoms with Crippen LogP contribution in [-0.4, -0.2) is 47.5 Å². The lowest BCUT2D eigenvalue weighted by Gasteiger charge is -2.25. The summed E-state index contributed by atoms with van der Waals surface area (Å²) in [6.07, 6.45) is 6.38. The number of hydrogen-bond acceptors (Lipinski definition) is 5. The molecule has 0 aromatic rings. The third kappa shape index (κ3) is 8.41. The van der Waals surface area contributed by atoms with Crippen LogP contribution in [0.1, 0.15) is 59.3 Å². The molecule has 1 aliphatic rings. The van der Waals surface area contributed by atoms with Crippen molar-refractivity contribution in [2.24, 2.45) is 5.92 Å². The molecule has 0 N–H and O–H groups in total. The third-order valence-corrected chi connectivity index (χ3v) is 4.30. The summed E-state index contributed by atoms with van der Waals surface area (Å²) in [6.45, 7) is 13.5. The Bertz CT molecular complexity index is 549. The van der Waals surface area contributed by atoms with Gasteiger partial charge >= 0.3 is 11.9 Å². The molecule has 0 spiro atoms. The van der Waals surface area contributed by atoms with Gasteiger partial charge < -0.3 is 14.4 Å². The average Bonchev–Trinajstić information content (AvgIpc) is 3.04. The van der Waals surface area contributed by atoms with Gasteiger partial charge in [0.1, 0.15) is 12.2 Å². The molecule has 6 nitrogen and oxygen atoms in total. The number of rotatable bonds is 10. The van der Waals surface area contributed by atoms with Crippen LogP contribution >= 0.6 is 0 Å². The zero-order valence-electron chi connectivity index (χ0n) is 16.9. The maximum Gasteiger partial charge on any atom is 0.309 e. The average molecular weight is 379 g/mol. The predicted molar refractivity (Wildman–Crippen MR) is 104 cm³/mol. The van der Waals surface area contributed by atoms with Gasteiger partial charge in [0.05, 0.1) is 18.4 Å². The number of esters is 2. The molecule has 152 valence electrons. The number of hydrogen-bond donors (Lipinski definition) is 0. The van der Waals surface area contributed by atoms with Crippen molar-refractivity contribution in [3.8, 4) is 0 Å². The molecule has 1 fully saturated rings. The van der Waals surface area contributed by atoms with Crippen LogP contribution in [0.2, 0.25) is 0 Å². The van der Waals surface area contributed by atoms with E-state index in [1.807, 2.05) is 0 Å². The highest BCUT2D eigenvalue weighted by molar-refractivity contribution is 5.80. The van der Waals surface area contributed by atoms with Gasteiger partial charge in [0.15, 0.2) is 0 Å². The van der Waals surface area contributed by atoms with E-state index in [1.54, 1.807) is 37.8 Å². The summed E-state index contributed by atoms with van der Waals surface area (Å²) in [5.41, 5.74) is -0.601. The lowest BCUT2D eigenvalue weighted by atomic mass is 10.0. The van der Waals surface area contributed by atoms with Crippen LogP contribution in [0.4, 0.5) is 0 Å². The van der Waals surface area contributed by atoms with Gasteiger partial charge in [0.25, 0.3) is 0 Å². The van der Waals surface area contributed by atoms with Gasteiger partial charge in [-0.15, -0.1) is 13.2 Å². The summed E-state index contributed by atoms with van der Waals surface area (Å²) in [5.74, 6) is -1.45. The lowest BCUT2D eigenvalue weighted by molar-refractivity contribution is -0.162. The van der Waals surface area contributed by atoms with Crippen molar-refractivity contribution in [2.45, 2.75) is 70.9 Å². The van der Waals surface area contributed by atoms with Crippen LogP contribution in [0.25, 0.3) is 0 Å². The maximum atomic E-state index is 12.4. The first kappa shape index (κ1) is 22.9. The Balaban J connectivity index is 2.57. The molecule has 0 aromatic carbocycles. The minimum absolute atomic E-state index is 0.0469. The van der Waals surface area contributed by atoms with E-state index >= 15 is 0 Å². The largest absolute Gasteiger partial charge is 0.463 e. The SMILES string of the molecule is C=CCCC(=O)N1CCCC1COC(=O)C(CC=C)CC(=O)OC(C)(C)C. The molecule has 0 radical (unpaired) electrons. The zero-order valence-corrected chi connectivity index (χ0v) is 16.9. The topological polar surface area (TPSA) is 72.9 Å². The Morgan fingerprint density at radius 3 is 2.52 bits per heavy atom. The summed E-state index contributed by atoms with van der Waals surface area (Å²) < 4.78 is 10.7. The van der Waals surface area contributed by atoms with Crippen molar-refractivity contribution in [1.29, 1.82) is 0 Å². The van der Waals surface area contributed by atoms with Crippen LogP contribution in [-0.2, 0) is 23.9 Å². The van der Waals surface area contributed by atoms with Gasteiger partial charge in [-0.1, -0.05) is 12.2 Å². The second kappa shape index (κ2) is 10.9. The number of carbonyl (C=O) groups is 3. The maximum absolute atomic E-state index is 12.4. The van der Waals surface area contributed by atoms with Crippen LogP contribution in [0.5, 0.6) is 0 Å². The molecule has 1 saturated heterocycles. The Hall–Kier alpha value is -2.11. The molecule has 1 aliphatic heterocycles. The first-order chi connectivity index (χ1) is 12.7. The fourth-order valence-electron chi connectivity index (χ4n) is 3.05. The Kier molecular flexibility index (Phi) is 9.26. The third-order valence-electron chi connectivity index (χ3n) is 4.30. The highest BCUT2D eigenvalue weighted by atomic mass is 16.6. The van der Waals surface area contributed by atoms with Crippen LogP contribution < -0.4 is 0 Å². The first-order valence-electron chi connectivity index (χ1n) is 9.57. The molecule has 1 rings (SSSR count). The van der Waals surface area contributed by atoms with Gasteiger partial charge in [-0.3, -0.25) is 14.4 Å². The molecule has 0 bridgehead atoms. The molecule has 0 aromatic heterocycles. The van der Waals surface area contributed by atoms with Crippen LogP contribution in [0, 0.1) is 5.92 Å². The van der Waals surface area contributed by atoms with Crippen LogP contribution in [0.3, 0.4) is 0 Å². The number of carbonyl (C=O) groups excluding carboxylic acids is 3. The molecule has 6 heteroatoms. The first-order valence-corrected chi connectivity index (χ1v) is 9.57. The molecule has 1 heterocycles. The standard InChI is InChI=1S/C21H33NO5/c1-6-8-12-18(23)22-13-9-11-17(22)15-26-20(25)16(10-7-2)14-19(24)27-21(3,4)5/h6-7,16-17H,1-2,8-15H2,3-5H3. The van der Waals surface area contributed by atoms with E-state index < -0.39 is 23.5 Å². The minimum Gasteiger partial charge on any atom is -0.463 e. The Labute approximate surface area is 162 Å². The fourth-order valence-corrected chi connectivity index (χ4v) is 3.05. The molecule has 1 amide bonds. The van der Waals surface area contributed by atoms with Crippen molar-refractivity contribution >= 4 is 17.8 Å². The van der Waals surface area contributed by atoms with E-state index in [1.165, 1.54) is 0 Å². The van der Waals surface area contributed by atoms with Gasteiger partial charge in [-0.2, -0.15) is 0 Å². The van der Waals surface area contributed by atoms with E-state index in [2.05, 4.69) is 13.2 Å². The highest BCUT2D eigenvalue weighted by Crippen LogP contribution is 2.21. The summed E-state index contributed by atoms with van der Waals surface area (Å²) in [5, 5.41) is 0.